The quantitative estimate of drug-likeness (QED) is 0.598. The number of nitrogens with one attached hydrogen (secondary N) is 1. The van der Waals surface area contributed by atoms with Crippen molar-refractivity contribution in [2.45, 2.75) is 26.3 Å². The maximum absolute atomic E-state index is 13.1. The fraction of sp³-hybridized carbons (Fsp3) is 0.300. The standard InChI is InChI=1S/C20H22ClN3O4S2/c1-5-16(24(30(4,27)28)14-8-6-12(2)15(21)11-14)19(25)22-13-7-9-17-18(10-13)29-20(26)23(17)3/h6-11,16H,5H2,1-4H3,(H,22,25). The van der Waals surface area contributed by atoms with Crippen LogP contribution in [-0.4, -0.2) is 31.2 Å². The van der Waals surface area contributed by atoms with Gasteiger partial charge >= 0.3 is 4.87 Å². The minimum absolute atomic E-state index is 0.0978. The third kappa shape index (κ3) is 4.38. The monoisotopic (exact) mass is 467 g/mol. The molecule has 0 aliphatic rings. The van der Waals surface area contributed by atoms with Crippen LogP contribution in [0.15, 0.2) is 41.2 Å². The van der Waals surface area contributed by atoms with E-state index in [-0.39, 0.29) is 11.3 Å². The number of sulfonamides is 1. The van der Waals surface area contributed by atoms with E-state index in [1.54, 1.807) is 50.4 Å². The number of aryl methyl sites for hydroxylation is 2. The molecule has 1 atom stereocenters. The molecule has 7 nitrogen and oxygen atoms in total. The van der Waals surface area contributed by atoms with E-state index in [9.17, 15) is 18.0 Å². The Labute approximate surface area is 183 Å². The summed E-state index contributed by atoms with van der Waals surface area (Å²) in [6, 6.07) is 9.06. The van der Waals surface area contributed by atoms with E-state index in [4.69, 9.17) is 11.6 Å². The molecule has 0 saturated carbocycles. The van der Waals surface area contributed by atoms with Crippen molar-refractivity contribution in [1.29, 1.82) is 0 Å². The fourth-order valence-corrected chi connectivity index (χ4v) is 5.51. The van der Waals surface area contributed by atoms with E-state index in [2.05, 4.69) is 5.32 Å². The van der Waals surface area contributed by atoms with Crippen LogP contribution in [0.2, 0.25) is 5.02 Å². The Hall–Kier alpha value is -2.36. The van der Waals surface area contributed by atoms with Crippen molar-refractivity contribution >= 4 is 60.5 Å². The molecular weight excluding hydrogens is 446 g/mol. The Morgan fingerprint density at radius 3 is 2.57 bits per heavy atom. The van der Waals surface area contributed by atoms with Crippen molar-refractivity contribution in [2.24, 2.45) is 7.05 Å². The summed E-state index contributed by atoms with van der Waals surface area (Å²) in [4.78, 5) is 24.8. The van der Waals surface area contributed by atoms with Gasteiger partial charge in [0.25, 0.3) is 0 Å². The van der Waals surface area contributed by atoms with Gasteiger partial charge in [0.15, 0.2) is 0 Å². The zero-order valence-electron chi connectivity index (χ0n) is 17.0. The number of hydrogen-bond acceptors (Lipinski definition) is 5. The molecule has 1 unspecified atom stereocenters. The first-order valence-electron chi connectivity index (χ1n) is 9.19. The Kier molecular flexibility index (Phi) is 6.26. The lowest BCUT2D eigenvalue weighted by Gasteiger charge is -2.30. The predicted molar refractivity (Wildman–Crippen MR) is 123 cm³/mol. The average molecular weight is 468 g/mol. The van der Waals surface area contributed by atoms with Gasteiger partial charge in [-0.25, -0.2) is 8.42 Å². The van der Waals surface area contributed by atoms with Crippen LogP contribution in [0.1, 0.15) is 18.9 Å². The number of nitrogens with zero attached hydrogens (tertiary/aromatic N) is 2. The zero-order valence-corrected chi connectivity index (χ0v) is 19.4. The van der Waals surface area contributed by atoms with E-state index in [1.165, 1.54) is 4.57 Å². The van der Waals surface area contributed by atoms with E-state index in [1.807, 2.05) is 6.92 Å². The Bertz CT molecular complexity index is 1280. The first-order valence-corrected chi connectivity index (χ1v) is 12.2. The zero-order chi connectivity index (χ0) is 22.2. The van der Waals surface area contributed by atoms with E-state index in [0.717, 1.165) is 37.7 Å². The van der Waals surface area contributed by atoms with Gasteiger partial charge in [0.1, 0.15) is 6.04 Å². The van der Waals surface area contributed by atoms with Crippen molar-refractivity contribution in [3.05, 3.63) is 56.7 Å². The summed E-state index contributed by atoms with van der Waals surface area (Å²) < 4.78 is 28.5. The normalized spacial score (nSPS) is 12.7. The maximum Gasteiger partial charge on any atom is 0.307 e. The summed E-state index contributed by atoms with van der Waals surface area (Å²) in [7, 11) is -2.08. The third-order valence-electron chi connectivity index (χ3n) is 4.80. The predicted octanol–water partition coefficient (Wildman–Crippen LogP) is 3.75. The van der Waals surface area contributed by atoms with Gasteiger partial charge < -0.3 is 9.88 Å². The van der Waals surface area contributed by atoms with Crippen molar-refractivity contribution < 1.29 is 13.2 Å². The first kappa shape index (κ1) is 22.3. The number of carbonyl (C=O) groups excluding carboxylic acids is 1. The van der Waals surface area contributed by atoms with Crippen LogP contribution in [-0.2, 0) is 21.9 Å². The molecule has 0 aliphatic carbocycles. The molecule has 1 heterocycles. The lowest BCUT2D eigenvalue weighted by atomic mass is 10.1. The lowest BCUT2D eigenvalue weighted by Crippen LogP contribution is -2.47. The molecule has 0 aliphatic heterocycles. The topological polar surface area (TPSA) is 88.5 Å². The molecule has 0 saturated heterocycles. The molecule has 2 aromatic carbocycles. The molecule has 0 radical (unpaired) electrons. The lowest BCUT2D eigenvalue weighted by molar-refractivity contribution is -0.117. The molecule has 0 spiro atoms. The molecule has 1 aromatic heterocycles. The second-order valence-electron chi connectivity index (χ2n) is 7.02. The number of anilines is 2. The van der Waals surface area contributed by atoms with Gasteiger partial charge in [0.05, 0.1) is 22.2 Å². The van der Waals surface area contributed by atoms with Crippen LogP contribution in [0.5, 0.6) is 0 Å². The van der Waals surface area contributed by atoms with Crippen LogP contribution in [0.3, 0.4) is 0 Å². The van der Waals surface area contributed by atoms with Gasteiger partial charge in [-0.2, -0.15) is 0 Å². The second-order valence-corrected chi connectivity index (χ2v) is 10.3. The number of halogens is 1. The highest BCUT2D eigenvalue weighted by molar-refractivity contribution is 7.92. The summed E-state index contributed by atoms with van der Waals surface area (Å²) in [5, 5.41) is 3.20. The number of fused-ring (bicyclic) bond motifs is 1. The highest BCUT2D eigenvalue weighted by atomic mass is 35.5. The van der Waals surface area contributed by atoms with E-state index >= 15 is 0 Å². The van der Waals surface area contributed by atoms with Crippen LogP contribution in [0.4, 0.5) is 11.4 Å². The number of amides is 1. The van der Waals surface area contributed by atoms with Gasteiger partial charge in [-0.05, 0) is 49.2 Å². The third-order valence-corrected chi connectivity index (χ3v) is 7.38. The first-order chi connectivity index (χ1) is 14.0. The summed E-state index contributed by atoms with van der Waals surface area (Å²) in [6.07, 6.45) is 1.31. The summed E-state index contributed by atoms with van der Waals surface area (Å²) in [5.74, 6) is -0.470. The SMILES string of the molecule is CCC(C(=O)Nc1ccc2c(c1)sc(=O)n2C)N(c1ccc(C)c(Cl)c1)S(C)(=O)=O. The molecule has 30 heavy (non-hydrogen) atoms. The van der Waals surface area contributed by atoms with Crippen molar-refractivity contribution in [3.8, 4) is 0 Å². The maximum atomic E-state index is 13.1. The molecule has 10 heteroatoms. The van der Waals surface area contributed by atoms with Crippen LogP contribution >= 0.6 is 22.9 Å². The summed E-state index contributed by atoms with van der Waals surface area (Å²) in [5.41, 5.74) is 2.39. The van der Waals surface area contributed by atoms with Crippen molar-refractivity contribution in [1.82, 2.24) is 4.57 Å². The molecule has 1 N–H and O–H groups in total. The van der Waals surface area contributed by atoms with E-state index in [0.29, 0.717) is 16.4 Å². The van der Waals surface area contributed by atoms with Gasteiger partial charge in [-0.1, -0.05) is 35.9 Å². The number of rotatable bonds is 6. The van der Waals surface area contributed by atoms with E-state index < -0.39 is 22.0 Å². The molecule has 3 rings (SSSR count). The molecular formula is C20H22ClN3O4S2. The second kappa shape index (κ2) is 8.41. The van der Waals surface area contributed by atoms with Gasteiger partial charge in [0, 0.05) is 17.8 Å². The Morgan fingerprint density at radius 2 is 1.97 bits per heavy atom. The average Bonchev–Trinajstić information content (AvgIpc) is 2.94. The highest BCUT2D eigenvalue weighted by Crippen LogP contribution is 2.28. The number of aromatic nitrogens is 1. The number of benzene rings is 2. The Morgan fingerprint density at radius 1 is 1.27 bits per heavy atom. The summed E-state index contributed by atoms with van der Waals surface area (Å²) >= 11 is 7.27. The molecule has 0 bridgehead atoms. The smallest absolute Gasteiger partial charge is 0.307 e. The molecule has 160 valence electrons. The largest absolute Gasteiger partial charge is 0.324 e. The Balaban J connectivity index is 1.96. The van der Waals surface area contributed by atoms with Crippen molar-refractivity contribution in [3.63, 3.8) is 0 Å². The van der Waals surface area contributed by atoms with Crippen molar-refractivity contribution in [2.75, 3.05) is 15.9 Å². The van der Waals surface area contributed by atoms with Crippen LogP contribution in [0, 0.1) is 6.92 Å². The molecule has 3 aromatic rings. The fourth-order valence-electron chi connectivity index (χ4n) is 3.22. The molecule has 0 fully saturated rings. The van der Waals surface area contributed by atoms with Crippen LogP contribution in [0.25, 0.3) is 10.2 Å². The minimum Gasteiger partial charge on any atom is -0.324 e. The van der Waals surface area contributed by atoms with Gasteiger partial charge in [-0.3, -0.25) is 13.9 Å². The number of hydrogen-bond donors (Lipinski definition) is 1. The van der Waals surface area contributed by atoms with Crippen LogP contribution < -0.4 is 14.5 Å². The van der Waals surface area contributed by atoms with Gasteiger partial charge in [0.2, 0.25) is 15.9 Å². The minimum atomic E-state index is -3.76. The van der Waals surface area contributed by atoms with Gasteiger partial charge in [-0.15, -0.1) is 0 Å². The number of carbonyl (C=O) groups is 1. The highest BCUT2D eigenvalue weighted by Gasteiger charge is 2.32. The summed E-state index contributed by atoms with van der Waals surface area (Å²) in [6.45, 7) is 3.55. The number of thiazole rings is 1. The molecule has 1 amide bonds.